The lowest BCUT2D eigenvalue weighted by molar-refractivity contribution is -0.137. The van der Waals surface area contributed by atoms with Gasteiger partial charge in [-0.25, -0.2) is 5.43 Å². The average Bonchev–Trinajstić information content (AvgIpc) is 2.44. The molecule has 0 aliphatic carbocycles. The lowest BCUT2D eigenvalue weighted by atomic mass is 10.1. The fourth-order valence-electron chi connectivity index (χ4n) is 1.57. The lowest BCUT2D eigenvalue weighted by Crippen LogP contribution is -2.21. The number of carbonyl (C=O) groups excluding carboxylic acids is 2. The summed E-state index contributed by atoms with van der Waals surface area (Å²) >= 11 is 0. The van der Waals surface area contributed by atoms with Gasteiger partial charge in [-0.1, -0.05) is 12.1 Å². The van der Waals surface area contributed by atoms with Gasteiger partial charge in [0.15, 0.2) is 0 Å². The zero-order valence-corrected chi connectivity index (χ0v) is 12.1. The van der Waals surface area contributed by atoms with Crippen LogP contribution in [0.2, 0.25) is 0 Å². The Bertz CT molecular complexity index is 663. The van der Waals surface area contributed by atoms with Crippen molar-refractivity contribution in [3.05, 3.63) is 29.8 Å². The molecule has 0 aromatic heterocycles. The Morgan fingerprint density at radius 3 is 2.52 bits per heavy atom. The molecule has 2 amide bonds. The fraction of sp³-hybridized carbons (Fsp3) is 0.286. The van der Waals surface area contributed by atoms with Crippen LogP contribution in [0.15, 0.2) is 29.4 Å². The number of halogens is 3. The molecule has 0 heterocycles. The van der Waals surface area contributed by atoms with Crippen LogP contribution in [0.4, 0.5) is 18.9 Å². The van der Waals surface area contributed by atoms with E-state index in [4.69, 9.17) is 5.26 Å². The molecule has 122 valence electrons. The minimum atomic E-state index is -4.59. The topological polar surface area (TPSA) is 94.3 Å². The largest absolute Gasteiger partial charge is 0.418 e. The molecule has 6 nitrogen and oxygen atoms in total. The molecule has 0 aliphatic rings. The second kappa shape index (κ2) is 7.93. The highest BCUT2D eigenvalue weighted by molar-refractivity contribution is 6.06. The third-order valence-corrected chi connectivity index (χ3v) is 2.53. The molecule has 0 aliphatic heterocycles. The van der Waals surface area contributed by atoms with Gasteiger partial charge in [0.1, 0.15) is 6.42 Å². The number of nitriles is 1. The van der Waals surface area contributed by atoms with Crippen molar-refractivity contribution < 1.29 is 22.8 Å². The number of amides is 2. The Morgan fingerprint density at radius 1 is 1.26 bits per heavy atom. The van der Waals surface area contributed by atoms with E-state index in [2.05, 4.69) is 15.8 Å². The van der Waals surface area contributed by atoms with Crippen LogP contribution < -0.4 is 10.7 Å². The van der Waals surface area contributed by atoms with E-state index in [1.807, 2.05) is 0 Å². The van der Waals surface area contributed by atoms with Crippen LogP contribution in [0.1, 0.15) is 25.3 Å². The molecule has 1 rings (SSSR count). The second-order valence-corrected chi connectivity index (χ2v) is 4.49. The zero-order chi connectivity index (χ0) is 17.5. The minimum absolute atomic E-state index is 0.179. The third-order valence-electron chi connectivity index (χ3n) is 2.53. The van der Waals surface area contributed by atoms with E-state index in [1.165, 1.54) is 19.1 Å². The third kappa shape index (κ3) is 6.17. The van der Waals surface area contributed by atoms with Gasteiger partial charge in [-0.2, -0.15) is 23.5 Å². The van der Waals surface area contributed by atoms with E-state index in [1.54, 1.807) is 6.07 Å². The van der Waals surface area contributed by atoms with E-state index < -0.39 is 23.6 Å². The van der Waals surface area contributed by atoms with E-state index >= 15 is 0 Å². The molecule has 0 saturated carbocycles. The van der Waals surface area contributed by atoms with Crippen molar-refractivity contribution in [3.63, 3.8) is 0 Å². The molecular formula is C14H13F3N4O2. The van der Waals surface area contributed by atoms with E-state index in [0.717, 1.165) is 12.1 Å². The first-order valence-electron chi connectivity index (χ1n) is 6.39. The molecule has 1 aromatic carbocycles. The van der Waals surface area contributed by atoms with Crippen LogP contribution in [0, 0.1) is 11.3 Å². The molecule has 9 heteroatoms. The van der Waals surface area contributed by atoms with Gasteiger partial charge < -0.3 is 5.32 Å². The maximum Gasteiger partial charge on any atom is 0.418 e. The SMILES string of the molecule is CC(CC(=O)Nc1ccccc1C(F)(F)F)=NNC(=O)CC#N. The summed E-state index contributed by atoms with van der Waals surface area (Å²) in [5.41, 5.74) is 0.925. The predicted octanol–water partition coefficient (Wildman–Crippen LogP) is 2.44. The zero-order valence-electron chi connectivity index (χ0n) is 12.1. The van der Waals surface area contributed by atoms with E-state index in [9.17, 15) is 22.8 Å². The summed E-state index contributed by atoms with van der Waals surface area (Å²) in [6.45, 7) is 1.42. The van der Waals surface area contributed by atoms with Crippen LogP contribution in [-0.4, -0.2) is 17.5 Å². The number of hydrogen-bond acceptors (Lipinski definition) is 4. The maximum absolute atomic E-state index is 12.8. The van der Waals surface area contributed by atoms with Crippen molar-refractivity contribution in [2.75, 3.05) is 5.32 Å². The van der Waals surface area contributed by atoms with Crippen molar-refractivity contribution in [1.29, 1.82) is 5.26 Å². The quantitative estimate of drug-likeness (QED) is 0.643. The molecule has 0 unspecified atom stereocenters. The van der Waals surface area contributed by atoms with Crippen LogP contribution >= 0.6 is 0 Å². The molecule has 0 bridgehead atoms. The number of carbonyl (C=O) groups is 2. The van der Waals surface area contributed by atoms with Gasteiger partial charge >= 0.3 is 6.18 Å². The molecule has 23 heavy (non-hydrogen) atoms. The van der Waals surface area contributed by atoms with Gasteiger partial charge in [0, 0.05) is 5.71 Å². The smallest absolute Gasteiger partial charge is 0.325 e. The first-order valence-corrected chi connectivity index (χ1v) is 6.39. The highest BCUT2D eigenvalue weighted by atomic mass is 19.4. The predicted molar refractivity (Wildman–Crippen MR) is 76.2 cm³/mol. The molecule has 0 fully saturated rings. The number of alkyl halides is 3. The number of anilines is 1. The maximum atomic E-state index is 12.8. The number of hydrazone groups is 1. The molecule has 0 atom stereocenters. The summed E-state index contributed by atoms with van der Waals surface area (Å²) in [6.07, 6.45) is -5.28. The molecule has 0 saturated heterocycles. The summed E-state index contributed by atoms with van der Waals surface area (Å²) in [6, 6.07) is 6.21. The van der Waals surface area contributed by atoms with Crippen molar-refractivity contribution in [1.82, 2.24) is 5.43 Å². The fourth-order valence-corrected chi connectivity index (χ4v) is 1.57. The molecule has 1 aromatic rings. The van der Waals surface area contributed by atoms with E-state index in [-0.39, 0.29) is 24.2 Å². The number of benzene rings is 1. The molecule has 0 radical (unpaired) electrons. The van der Waals surface area contributed by atoms with Gasteiger partial charge in [-0.15, -0.1) is 0 Å². The molecular weight excluding hydrogens is 313 g/mol. The first kappa shape index (κ1) is 18.2. The van der Waals surface area contributed by atoms with Crippen molar-refractivity contribution in [3.8, 4) is 6.07 Å². The Labute approximate surface area is 130 Å². The van der Waals surface area contributed by atoms with Crippen molar-refractivity contribution in [2.24, 2.45) is 5.10 Å². The highest BCUT2D eigenvalue weighted by Crippen LogP contribution is 2.34. The summed E-state index contributed by atoms with van der Waals surface area (Å²) in [4.78, 5) is 22.8. The normalized spacial score (nSPS) is 11.5. The van der Waals surface area contributed by atoms with Crippen molar-refractivity contribution >= 4 is 23.2 Å². The van der Waals surface area contributed by atoms with Crippen molar-refractivity contribution in [2.45, 2.75) is 25.9 Å². The first-order chi connectivity index (χ1) is 10.7. The number of hydrogen-bond donors (Lipinski definition) is 2. The van der Waals surface area contributed by atoms with Crippen LogP contribution in [0.5, 0.6) is 0 Å². The van der Waals surface area contributed by atoms with Gasteiger partial charge in [-0.05, 0) is 19.1 Å². The molecule has 0 spiro atoms. The number of nitrogens with zero attached hydrogens (tertiary/aromatic N) is 2. The Hall–Kier alpha value is -2.89. The number of para-hydroxylation sites is 1. The lowest BCUT2D eigenvalue weighted by Gasteiger charge is -2.13. The standard InChI is InChI=1S/C14H13F3N4O2/c1-9(20-21-12(22)6-7-18)8-13(23)19-11-5-3-2-4-10(11)14(15,16)17/h2-5H,6,8H2,1H3,(H,19,23)(H,21,22). The average molecular weight is 326 g/mol. The van der Waals surface area contributed by atoms with Crippen LogP contribution in [0.25, 0.3) is 0 Å². The monoisotopic (exact) mass is 326 g/mol. The minimum Gasteiger partial charge on any atom is -0.325 e. The molecule has 2 N–H and O–H groups in total. The number of nitrogens with one attached hydrogen (secondary N) is 2. The highest BCUT2D eigenvalue weighted by Gasteiger charge is 2.33. The van der Waals surface area contributed by atoms with Gasteiger partial charge in [0.05, 0.1) is 23.7 Å². The summed E-state index contributed by atoms with van der Waals surface area (Å²) < 4.78 is 38.4. The summed E-state index contributed by atoms with van der Waals surface area (Å²) in [7, 11) is 0. The van der Waals surface area contributed by atoms with Gasteiger partial charge in [0.25, 0.3) is 5.91 Å². The number of rotatable bonds is 5. The van der Waals surface area contributed by atoms with Crippen LogP contribution in [0.3, 0.4) is 0 Å². The Morgan fingerprint density at radius 2 is 1.91 bits per heavy atom. The van der Waals surface area contributed by atoms with E-state index in [0.29, 0.717) is 0 Å². The summed E-state index contributed by atoms with van der Waals surface area (Å²) in [5, 5.41) is 14.0. The Balaban J connectivity index is 2.70. The van der Waals surface area contributed by atoms with Crippen LogP contribution in [-0.2, 0) is 15.8 Å². The van der Waals surface area contributed by atoms with Gasteiger partial charge in [-0.3, -0.25) is 9.59 Å². The van der Waals surface area contributed by atoms with Gasteiger partial charge in [0.2, 0.25) is 5.91 Å². The Kier molecular flexibility index (Phi) is 6.26. The summed E-state index contributed by atoms with van der Waals surface area (Å²) in [5.74, 6) is -1.35. The second-order valence-electron chi connectivity index (χ2n) is 4.49.